The molecule has 4 nitrogen and oxygen atoms in total. The summed E-state index contributed by atoms with van der Waals surface area (Å²) in [6.45, 7) is 8.80. The van der Waals surface area contributed by atoms with E-state index < -0.39 is 12.0 Å². The highest BCUT2D eigenvalue weighted by atomic mass is 19.1. The first-order chi connectivity index (χ1) is 16.6. The fraction of sp³-hybridized carbons (Fsp3) is 0.333. The maximum Gasteiger partial charge on any atom is 0.254 e. The van der Waals surface area contributed by atoms with Crippen LogP contribution in [0.4, 0.5) is 10.1 Å². The molecule has 5 heteroatoms. The average molecular weight is 473 g/mol. The average Bonchev–Trinajstić information content (AvgIpc) is 2.83. The minimum Gasteiger partial charge on any atom is -0.331 e. The number of carbonyl (C=O) groups is 2. The molecule has 2 atom stereocenters. The van der Waals surface area contributed by atoms with Crippen molar-refractivity contribution in [2.24, 2.45) is 5.92 Å². The topological polar surface area (TPSA) is 49.4 Å². The van der Waals surface area contributed by atoms with Gasteiger partial charge in [0, 0.05) is 17.8 Å². The van der Waals surface area contributed by atoms with Crippen LogP contribution in [0.25, 0.3) is 0 Å². The third-order valence-electron chi connectivity index (χ3n) is 6.79. The van der Waals surface area contributed by atoms with Crippen molar-refractivity contribution in [3.05, 3.63) is 101 Å². The van der Waals surface area contributed by atoms with Crippen LogP contribution in [0.1, 0.15) is 66.7 Å². The van der Waals surface area contributed by atoms with Crippen LogP contribution in [-0.2, 0) is 10.2 Å². The van der Waals surface area contributed by atoms with Gasteiger partial charge in [0.1, 0.15) is 5.82 Å². The Morgan fingerprint density at radius 2 is 1.71 bits per heavy atom. The van der Waals surface area contributed by atoms with E-state index in [4.69, 9.17) is 0 Å². The van der Waals surface area contributed by atoms with E-state index in [1.165, 1.54) is 12.1 Å². The Morgan fingerprint density at radius 1 is 0.971 bits per heavy atom. The van der Waals surface area contributed by atoms with Crippen molar-refractivity contribution in [2.75, 3.05) is 11.9 Å². The second-order valence-corrected chi connectivity index (χ2v) is 10.4. The van der Waals surface area contributed by atoms with Crippen LogP contribution in [-0.4, -0.2) is 23.3 Å². The molecule has 1 aliphatic heterocycles. The Hall–Kier alpha value is -3.47. The van der Waals surface area contributed by atoms with Crippen molar-refractivity contribution in [1.82, 2.24) is 4.90 Å². The lowest BCUT2D eigenvalue weighted by molar-refractivity contribution is -0.123. The molecule has 1 heterocycles. The van der Waals surface area contributed by atoms with Crippen molar-refractivity contribution in [1.29, 1.82) is 0 Å². The van der Waals surface area contributed by atoms with Crippen LogP contribution in [0, 0.1) is 18.7 Å². The van der Waals surface area contributed by atoms with Crippen molar-refractivity contribution < 1.29 is 14.0 Å². The first kappa shape index (κ1) is 24.6. The first-order valence-corrected chi connectivity index (χ1v) is 12.2. The summed E-state index contributed by atoms with van der Waals surface area (Å²) in [6.07, 6.45) is 1.31. The summed E-state index contributed by atoms with van der Waals surface area (Å²) in [5, 5.41) is 3.08. The molecule has 182 valence electrons. The van der Waals surface area contributed by atoms with E-state index in [1.807, 2.05) is 49.4 Å². The predicted octanol–water partition coefficient (Wildman–Crippen LogP) is 6.66. The summed E-state index contributed by atoms with van der Waals surface area (Å²) < 4.78 is 14.3. The molecule has 35 heavy (non-hydrogen) atoms. The predicted molar refractivity (Wildman–Crippen MR) is 138 cm³/mol. The third-order valence-corrected chi connectivity index (χ3v) is 6.79. The second kappa shape index (κ2) is 10.0. The van der Waals surface area contributed by atoms with Gasteiger partial charge in [-0.3, -0.25) is 9.59 Å². The number of hydrogen-bond acceptors (Lipinski definition) is 2. The maximum absolute atomic E-state index is 14.3. The van der Waals surface area contributed by atoms with E-state index >= 15 is 0 Å². The molecule has 0 saturated carbocycles. The third kappa shape index (κ3) is 5.45. The molecule has 4 rings (SSSR count). The van der Waals surface area contributed by atoms with Gasteiger partial charge in [-0.25, -0.2) is 4.39 Å². The lowest BCUT2D eigenvalue weighted by Crippen LogP contribution is -2.46. The molecule has 0 aromatic heterocycles. The Bertz CT molecular complexity index is 1230. The van der Waals surface area contributed by atoms with Gasteiger partial charge in [-0.2, -0.15) is 0 Å². The molecule has 1 fully saturated rings. The molecule has 0 bridgehead atoms. The molecule has 2 amide bonds. The molecular formula is C30H33FN2O2. The number of hydrogen-bond donors (Lipinski definition) is 1. The fourth-order valence-corrected chi connectivity index (χ4v) is 4.87. The molecule has 1 aliphatic rings. The summed E-state index contributed by atoms with van der Waals surface area (Å²) in [4.78, 5) is 29.0. The molecule has 3 aromatic carbocycles. The van der Waals surface area contributed by atoms with E-state index in [0.717, 1.165) is 16.8 Å². The number of amides is 2. The van der Waals surface area contributed by atoms with Gasteiger partial charge in [-0.1, -0.05) is 63.2 Å². The summed E-state index contributed by atoms with van der Waals surface area (Å²) >= 11 is 0. The Labute approximate surface area is 207 Å². The minimum absolute atomic E-state index is 0.0492. The lowest BCUT2D eigenvalue weighted by atomic mass is 9.83. The Morgan fingerprint density at radius 3 is 2.43 bits per heavy atom. The van der Waals surface area contributed by atoms with Gasteiger partial charge in [0.15, 0.2) is 0 Å². The highest BCUT2D eigenvalue weighted by Crippen LogP contribution is 2.38. The molecule has 1 N–H and O–H groups in total. The second-order valence-electron chi connectivity index (χ2n) is 10.4. The van der Waals surface area contributed by atoms with Crippen LogP contribution in [0.3, 0.4) is 0 Å². The molecule has 1 unspecified atom stereocenters. The van der Waals surface area contributed by atoms with Crippen LogP contribution in [0.15, 0.2) is 72.8 Å². The molecule has 0 radical (unpaired) electrons. The number of nitrogens with one attached hydrogen (secondary N) is 1. The van der Waals surface area contributed by atoms with E-state index in [-0.39, 0.29) is 23.0 Å². The molecule has 0 aliphatic carbocycles. The monoisotopic (exact) mass is 472 g/mol. The molecular weight excluding hydrogens is 439 g/mol. The van der Waals surface area contributed by atoms with Gasteiger partial charge in [0.2, 0.25) is 5.91 Å². The number of anilines is 1. The van der Waals surface area contributed by atoms with Crippen molar-refractivity contribution >= 4 is 17.5 Å². The van der Waals surface area contributed by atoms with Crippen LogP contribution in [0.2, 0.25) is 0 Å². The molecule has 1 saturated heterocycles. The summed E-state index contributed by atoms with van der Waals surface area (Å²) in [5.41, 5.74) is 3.91. The zero-order valence-electron chi connectivity index (χ0n) is 20.8. The van der Waals surface area contributed by atoms with Crippen LogP contribution in [0.5, 0.6) is 0 Å². The Balaban J connectivity index is 1.69. The first-order valence-electron chi connectivity index (χ1n) is 12.2. The van der Waals surface area contributed by atoms with Gasteiger partial charge in [0.25, 0.3) is 5.91 Å². The van der Waals surface area contributed by atoms with Gasteiger partial charge in [-0.15, -0.1) is 0 Å². The highest BCUT2D eigenvalue weighted by Gasteiger charge is 2.40. The summed E-state index contributed by atoms with van der Waals surface area (Å²) in [7, 11) is 0. The fourth-order valence-electron chi connectivity index (χ4n) is 4.87. The van der Waals surface area contributed by atoms with Crippen molar-refractivity contribution in [3.8, 4) is 0 Å². The van der Waals surface area contributed by atoms with Crippen molar-refractivity contribution in [3.63, 3.8) is 0 Å². The van der Waals surface area contributed by atoms with E-state index in [2.05, 4.69) is 32.2 Å². The standard InChI is InChI=1S/C30H33FN2O2/c1-20-10-5-6-15-25(20)29(35)33-17-9-16-26(27(33)21-11-7-13-23(31)18-21)28(34)32-24-14-8-12-22(19-24)30(2,3)4/h5-8,10-15,18-19,26-27H,9,16-17H2,1-4H3,(H,32,34)/t26?,27-/m0/s1. The quantitative estimate of drug-likeness (QED) is 0.461. The van der Waals surface area contributed by atoms with Gasteiger partial charge >= 0.3 is 0 Å². The number of halogens is 1. The SMILES string of the molecule is Cc1ccccc1C(=O)N1CCCC(C(=O)Nc2cccc(C(C)(C)C)c2)[C@@H]1c1cccc(F)c1. The lowest BCUT2D eigenvalue weighted by Gasteiger charge is -2.41. The number of piperidine rings is 1. The molecule has 3 aromatic rings. The number of nitrogens with zero attached hydrogens (tertiary/aromatic N) is 1. The largest absolute Gasteiger partial charge is 0.331 e. The maximum atomic E-state index is 14.3. The van der Waals surface area contributed by atoms with E-state index in [9.17, 15) is 14.0 Å². The highest BCUT2D eigenvalue weighted by molar-refractivity contribution is 5.98. The van der Waals surface area contributed by atoms with Crippen molar-refractivity contribution in [2.45, 2.75) is 52.0 Å². The number of benzene rings is 3. The smallest absolute Gasteiger partial charge is 0.254 e. The number of aryl methyl sites for hydroxylation is 1. The zero-order valence-corrected chi connectivity index (χ0v) is 20.8. The van der Waals surface area contributed by atoms with Gasteiger partial charge < -0.3 is 10.2 Å². The van der Waals surface area contributed by atoms with Crippen LogP contribution < -0.4 is 5.32 Å². The number of rotatable bonds is 4. The van der Waals surface area contributed by atoms with Gasteiger partial charge in [0.05, 0.1) is 12.0 Å². The van der Waals surface area contributed by atoms with E-state index in [1.54, 1.807) is 17.0 Å². The van der Waals surface area contributed by atoms with Crippen LogP contribution >= 0.6 is 0 Å². The summed E-state index contributed by atoms with van der Waals surface area (Å²) in [6, 6.07) is 21.0. The summed E-state index contributed by atoms with van der Waals surface area (Å²) in [5.74, 6) is -1.18. The van der Waals surface area contributed by atoms with Gasteiger partial charge in [-0.05, 0) is 72.2 Å². The van der Waals surface area contributed by atoms with E-state index in [0.29, 0.717) is 30.5 Å². The zero-order chi connectivity index (χ0) is 25.2. The minimum atomic E-state index is -0.558. The number of likely N-dealkylation sites (tertiary alicyclic amines) is 1. The number of carbonyl (C=O) groups excluding carboxylic acids is 2. The normalized spacial score (nSPS) is 18.3. The Kier molecular flexibility index (Phi) is 7.06. The molecule has 0 spiro atoms.